The van der Waals surface area contributed by atoms with Crippen molar-refractivity contribution in [1.29, 1.82) is 0 Å². The highest BCUT2D eigenvalue weighted by molar-refractivity contribution is 7.99. The molecule has 0 aliphatic heterocycles. The predicted octanol–water partition coefficient (Wildman–Crippen LogP) is 1.23. The monoisotopic (exact) mass is 198 g/mol. The van der Waals surface area contributed by atoms with Crippen molar-refractivity contribution in [2.24, 2.45) is 0 Å². The molecule has 0 unspecified atom stereocenters. The zero-order chi connectivity index (χ0) is 9.68. The van der Waals surface area contributed by atoms with Gasteiger partial charge in [0, 0.05) is 5.75 Å². The lowest BCUT2D eigenvalue weighted by molar-refractivity contribution is -0.136. The van der Waals surface area contributed by atoms with E-state index in [-0.39, 0.29) is 6.42 Å². The van der Waals surface area contributed by atoms with Gasteiger partial charge in [-0.3, -0.25) is 4.79 Å². The van der Waals surface area contributed by atoms with Crippen LogP contribution >= 0.6 is 11.8 Å². The maximum Gasteiger partial charge on any atom is 0.304 e. The first-order valence-corrected chi connectivity index (χ1v) is 4.73. The molecule has 0 fully saturated rings. The molecule has 0 atom stereocenters. The van der Waals surface area contributed by atoms with E-state index < -0.39 is 5.97 Å². The van der Waals surface area contributed by atoms with Crippen LogP contribution in [0.3, 0.4) is 0 Å². The summed E-state index contributed by atoms with van der Waals surface area (Å²) in [6.45, 7) is 0. The highest BCUT2D eigenvalue weighted by Gasteiger charge is 1.99. The normalized spacial score (nSPS) is 9.85. The fourth-order valence-corrected chi connectivity index (χ4v) is 1.50. The van der Waals surface area contributed by atoms with E-state index in [0.717, 1.165) is 5.03 Å². The van der Waals surface area contributed by atoms with Crippen LogP contribution in [0, 0.1) is 0 Å². The number of aliphatic carboxylic acids is 1. The van der Waals surface area contributed by atoms with Crippen molar-refractivity contribution >= 4 is 23.4 Å². The van der Waals surface area contributed by atoms with Gasteiger partial charge in [-0.05, 0) is 12.1 Å². The number of nitrogens with zero attached hydrogens (tertiary/aromatic N) is 1. The molecule has 0 aromatic carbocycles. The first-order valence-electron chi connectivity index (χ1n) is 3.74. The number of nitrogens with two attached hydrogens (primary N) is 1. The number of carboxylic acid groups (broad SMARTS) is 1. The minimum atomic E-state index is -0.789. The Morgan fingerprint density at radius 3 is 2.92 bits per heavy atom. The van der Waals surface area contributed by atoms with Gasteiger partial charge in [0.1, 0.15) is 0 Å². The van der Waals surface area contributed by atoms with Gasteiger partial charge in [-0.2, -0.15) is 0 Å². The summed E-state index contributed by atoms with van der Waals surface area (Å²) < 4.78 is 0. The Morgan fingerprint density at radius 2 is 2.38 bits per heavy atom. The minimum absolute atomic E-state index is 0.150. The average Bonchev–Trinajstić information content (AvgIpc) is 2.08. The molecule has 4 nitrogen and oxygen atoms in total. The van der Waals surface area contributed by atoms with Crippen molar-refractivity contribution in [2.45, 2.75) is 11.4 Å². The number of rotatable bonds is 4. The molecule has 13 heavy (non-hydrogen) atoms. The summed E-state index contributed by atoms with van der Waals surface area (Å²) >= 11 is 1.41. The third kappa shape index (κ3) is 3.80. The van der Waals surface area contributed by atoms with Gasteiger partial charge in [0.15, 0.2) is 0 Å². The molecule has 1 heterocycles. The molecule has 70 valence electrons. The summed E-state index contributed by atoms with van der Waals surface area (Å²) in [4.78, 5) is 14.2. The van der Waals surface area contributed by atoms with Crippen LogP contribution in [0.1, 0.15) is 6.42 Å². The Hall–Kier alpha value is -1.23. The zero-order valence-corrected chi connectivity index (χ0v) is 7.75. The molecular formula is C8H10N2O2S. The second-order valence-corrected chi connectivity index (χ2v) is 3.54. The van der Waals surface area contributed by atoms with Crippen molar-refractivity contribution in [3.05, 3.63) is 18.3 Å². The topological polar surface area (TPSA) is 76.2 Å². The fraction of sp³-hybridized carbons (Fsp3) is 0.250. The SMILES string of the molecule is Nc1ccc(SCCC(=O)O)nc1. The number of nitrogen functional groups attached to an aromatic ring is 1. The Bertz CT molecular complexity index is 287. The highest BCUT2D eigenvalue weighted by Crippen LogP contribution is 2.16. The van der Waals surface area contributed by atoms with E-state index in [1.54, 1.807) is 18.3 Å². The van der Waals surface area contributed by atoms with E-state index in [9.17, 15) is 4.79 Å². The molecule has 0 radical (unpaired) electrons. The molecule has 1 aromatic heterocycles. The number of hydrogen-bond donors (Lipinski definition) is 2. The van der Waals surface area contributed by atoms with Gasteiger partial charge in [-0.15, -0.1) is 11.8 Å². The van der Waals surface area contributed by atoms with E-state index >= 15 is 0 Å². The smallest absolute Gasteiger partial charge is 0.304 e. The number of thioether (sulfide) groups is 1. The van der Waals surface area contributed by atoms with Crippen molar-refractivity contribution < 1.29 is 9.90 Å². The number of carbonyl (C=O) groups is 1. The maximum absolute atomic E-state index is 10.2. The van der Waals surface area contributed by atoms with Crippen LogP contribution in [0.4, 0.5) is 5.69 Å². The third-order valence-electron chi connectivity index (χ3n) is 1.33. The Labute approximate surface area is 80.2 Å². The molecule has 0 aliphatic carbocycles. The maximum atomic E-state index is 10.2. The van der Waals surface area contributed by atoms with Crippen molar-refractivity contribution in [3.8, 4) is 0 Å². The first-order chi connectivity index (χ1) is 6.18. The second kappa shape index (κ2) is 4.71. The third-order valence-corrected chi connectivity index (χ3v) is 2.27. The van der Waals surface area contributed by atoms with Crippen LogP contribution in [0.15, 0.2) is 23.4 Å². The van der Waals surface area contributed by atoms with Crippen LogP contribution in [0.5, 0.6) is 0 Å². The van der Waals surface area contributed by atoms with E-state index in [2.05, 4.69) is 4.98 Å². The fourth-order valence-electron chi connectivity index (χ4n) is 0.720. The number of hydrogen-bond acceptors (Lipinski definition) is 4. The molecule has 0 saturated heterocycles. The summed E-state index contributed by atoms with van der Waals surface area (Å²) in [7, 11) is 0. The molecule has 1 aromatic rings. The van der Waals surface area contributed by atoms with E-state index in [1.165, 1.54) is 11.8 Å². The highest BCUT2D eigenvalue weighted by atomic mass is 32.2. The van der Waals surface area contributed by atoms with Crippen LogP contribution in [0.2, 0.25) is 0 Å². The zero-order valence-electron chi connectivity index (χ0n) is 6.93. The number of aromatic nitrogens is 1. The number of carboxylic acids is 1. The lowest BCUT2D eigenvalue weighted by Crippen LogP contribution is -1.96. The van der Waals surface area contributed by atoms with Crippen LogP contribution in [0.25, 0.3) is 0 Å². The van der Waals surface area contributed by atoms with Crippen LogP contribution in [-0.4, -0.2) is 21.8 Å². The summed E-state index contributed by atoms with van der Waals surface area (Å²) in [5, 5.41) is 9.18. The van der Waals surface area contributed by atoms with Gasteiger partial charge in [0.25, 0.3) is 0 Å². The number of anilines is 1. The quantitative estimate of drug-likeness (QED) is 0.711. The van der Waals surface area contributed by atoms with Crippen LogP contribution < -0.4 is 5.73 Å². The summed E-state index contributed by atoms with van der Waals surface area (Å²) in [5.41, 5.74) is 6.05. The van der Waals surface area contributed by atoms with Gasteiger partial charge in [-0.25, -0.2) is 4.98 Å². The van der Waals surface area contributed by atoms with E-state index in [0.29, 0.717) is 11.4 Å². The lowest BCUT2D eigenvalue weighted by atomic mass is 10.4. The van der Waals surface area contributed by atoms with Gasteiger partial charge in [0.2, 0.25) is 0 Å². The molecular weight excluding hydrogens is 188 g/mol. The van der Waals surface area contributed by atoms with Crippen molar-refractivity contribution in [2.75, 3.05) is 11.5 Å². The largest absolute Gasteiger partial charge is 0.481 e. The lowest BCUT2D eigenvalue weighted by Gasteiger charge is -1.98. The minimum Gasteiger partial charge on any atom is -0.481 e. The van der Waals surface area contributed by atoms with Gasteiger partial charge in [0.05, 0.1) is 23.3 Å². The predicted molar refractivity (Wildman–Crippen MR) is 51.6 cm³/mol. The van der Waals surface area contributed by atoms with Crippen molar-refractivity contribution in [1.82, 2.24) is 4.98 Å². The molecule has 0 amide bonds. The van der Waals surface area contributed by atoms with Gasteiger partial charge in [-0.1, -0.05) is 0 Å². The van der Waals surface area contributed by atoms with Gasteiger partial charge < -0.3 is 10.8 Å². The summed E-state index contributed by atoms with van der Waals surface area (Å²) in [6, 6.07) is 3.53. The summed E-state index contributed by atoms with van der Waals surface area (Å²) in [6.07, 6.45) is 1.71. The summed E-state index contributed by atoms with van der Waals surface area (Å²) in [5.74, 6) is -0.255. The Balaban J connectivity index is 2.37. The molecule has 0 aliphatic rings. The Morgan fingerprint density at radius 1 is 1.62 bits per heavy atom. The average molecular weight is 198 g/mol. The second-order valence-electron chi connectivity index (χ2n) is 2.42. The van der Waals surface area contributed by atoms with E-state index in [4.69, 9.17) is 10.8 Å². The first kappa shape index (κ1) is 9.85. The van der Waals surface area contributed by atoms with Crippen LogP contribution in [-0.2, 0) is 4.79 Å². The molecule has 1 rings (SSSR count). The molecule has 5 heteroatoms. The standard InChI is InChI=1S/C8H10N2O2S/c9-6-1-2-7(10-5-6)13-4-3-8(11)12/h1-2,5H,3-4,9H2,(H,11,12). The van der Waals surface area contributed by atoms with Crippen molar-refractivity contribution in [3.63, 3.8) is 0 Å². The van der Waals surface area contributed by atoms with Gasteiger partial charge >= 0.3 is 5.97 Å². The molecule has 0 bridgehead atoms. The molecule has 0 spiro atoms. The number of pyridine rings is 1. The molecule has 0 saturated carbocycles. The Kier molecular flexibility index (Phi) is 3.57. The molecule has 3 N–H and O–H groups in total. The van der Waals surface area contributed by atoms with E-state index in [1.807, 2.05) is 0 Å².